The molecule has 4 amide bonds. The van der Waals surface area contributed by atoms with Crippen molar-refractivity contribution in [3.63, 3.8) is 0 Å². The number of nitrogens with one attached hydrogen (secondary N) is 4. The molecule has 0 saturated heterocycles. The topological polar surface area (TPSA) is 137 Å². The molecule has 33 heavy (non-hydrogen) atoms. The molecule has 0 fully saturated rings. The maximum absolute atomic E-state index is 12.5. The lowest BCUT2D eigenvalue weighted by molar-refractivity contribution is -0.129. The van der Waals surface area contributed by atoms with Crippen LogP contribution in [0.4, 0.5) is 4.79 Å². The average Bonchev–Trinajstić information content (AvgIpc) is 2.69. The number of carbonyl (C=O) groups excluding carboxylic acids is 3. The zero-order valence-electron chi connectivity index (χ0n) is 19.4. The summed E-state index contributed by atoms with van der Waals surface area (Å²) in [4.78, 5) is 48.2. The molecule has 5 N–H and O–H groups in total. The summed E-state index contributed by atoms with van der Waals surface area (Å²) < 4.78 is 0. The van der Waals surface area contributed by atoms with Crippen molar-refractivity contribution in [2.24, 2.45) is 0 Å². The number of benzene rings is 2. The van der Waals surface area contributed by atoms with Crippen LogP contribution >= 0.6 is 0 Å². The van der Waals surface area contributed by atoms with E-state index in [0.29, 0.717) is 6.54 Å². The zero-order chi connectivity index (χ0) is 24.6. The molecule has 0 radical (unpaired) electrons. The summed E-state index contributed by atoms with van der Waals surface area (Å²) in [5, 5.41) is 21.4. The maximum Gasteiger partial charge on any atom is 0.405 e. The second kappa shape index (κ2) is 11.3. The fourth-order valence-electron chi connectivity index (χ4n) is 3.40. The summed E-state index contributed by atoms with van der Waals surface area (Å²) >= 11 is 0. The summed E-state index contributed by atoms with van der Waals surface area (Å²) in [5.74, 6) is -1.39. The van der Waals surface area contributed by atoms with Crippen LogP contribution in [-0.2, 0) is 20.9 Å². The molecule has 9 heteroatoms. The molecule has 2 rings (SSSR count). The highest BCUT2D eigenvalue weighted by molar-refractivity contribution is 5.91. The van der Waals surface area contributed by atoms with E-state index in [2.05, 4.69) is 21.3 Å². The fraction of sp³-hybridized carbons (Fsp3) is 0.417. The van der Waals surface area contributed by atoms with E-state index in [-0.39, 0.29) is 18.7 Å². The molecule has 2 unspecified atom stereocenters. The second-order valence-electron chi connectivity index (χ2n) is 9.03. The van der Waals surface area contributed by atoms with Crippen LogP contribution in [0.3, 0.4) is 0 Å². The van der Waals surface area contributed by atoms with E-state index >= 15 is 0 Å². The predicted octanol–water partition coefficient (Wildman–Crippen LogP) is 2.29. The minimum absolute atomic E-state index is 0.00445. The number of fused-ring (bicyclic) bond motifs is 1. The molecule has 0 aliphatic rings. The van der Waals surface area contributed by atoms with E-state index in [0.717, 1.165) is 16.3 Å². The zero-order valence-corrected chi connectivity index (χ0v) is 19.4. The van der Waals surface area contributed by atoms with E-state index < -0.39 is 35.5 Å². The van der Waals surface area contributed by atoms with E-state index in [1.165, 1.54) is 0 Å². The van der Waals surface area contributed by atoms with Crippen LogP contribution in [0.5, 0.6) is 0 Å². The van der Waals surface area contributed by atoms with Crippen molar-refractivity contribution in [1.29, 1.82) is 0 Å². The summed E-state index contributed by atoms with van der Waals surface area (Å²) in [7, 11) is 0. The Morgan fingerprint density at radius 1 is 0.909 bits per heavy atom. The first-order chi connectivity index (χ1) is 15.4. The van der Waals surface area contributed by atoms with Crippen molar-refractivity contribution in [3.8, 4) is 0 Å². The summed E-state index contributed by atoms with van der Waals surface area (Å²) in [6, 6.07) is 11.9. The molecule has 2 atom stereocenters. The molecular formula is C24H32N4O5. The van der Waals surface area contributed by atoms with Crippen LogP contribution in [0.15, 0.2) is 42.5 Å². The minimum atomic E-state index is -1.42. The number of amides is 4. The van der Waals surface area contributed by atoms with Crippen LogP contribution in [0.1, 0.15) is 46.1 Å². The van der Waals surface area contributed by atoms with Gasteiger partial charge in [-0.25, -0.2) is 4.79 Å². The monoisotopic (exact) mass is 456 g/mol. The van der Waals surface area contributed by atoms with Crippen LogP contribution in [-0.4, -0.2) is 46.5 Å². The van der Waals surface area contributed by atoms with Crippen molar-refractivity contribution < 1.29 is 24.3 Å². The predicted molar refractivity (Wildman–Crippen MR) is 125 cm³/mol. The number of hydrogen-bond donors (Lipinski definition) is 5. The maximum atomic E-state index is 12.5. The molecule has 178 valence electrons. The third kappa shape index (κ3) is 8.80. The molecule has 0 saturated carbocycles. The first kappa shape index (κ1) is 25.6. The number of carboxylic acid groups (broad SMARTS) is 1. The molecule has 0 bridgehead atoms. The highest BCUT2D eigenvalue weighted by Gasteiger charge is 2.27. The first-order valence-electron chi connectivity index (χ1n) is 10.8. The summed E-state index contributed by atoms with van der Waals surface area (Å²) in [6.45, 7) is 7.33. The van der Waals surface area contributed by atoms with Gasteiger partial charge in [0.15, 0.2) is 0 Å². The Bertz CT molecular complexity index is 1010. The van der Waals surface area contributed by atoms with E-state index in [1.54, 1.807) is 27.7 Å². The molecule has 0 spiro atoms. The Morgan fingerprint density at radius 3 is 2.24 bits per heavy atom. The van der Waals surface area contributed by atoms with Crippen molar-refractivity contribution >= 4 is 34.6 Å². The van der Waals surface area contributed by atoms with E-state index in [1.807, 2.05) is 42.5 Å². The van der Waals surface area contributed by atoms with Gasteiger partial charge in [-0.05, 0) is 44.0 Å². The van der Waals surface area contributed by atoms with Crippen molar-refractivity contribution in [2.45, 2.75) is 64.7 Å². The van der Waals surface area contributed by atoms with Gasteiger partial charge in [0.1, 0.15) is 6.04 Å². The van der Waals surface area contributed by atoms with Gasteiger partial charge in [0.05, 0.1) is 6.42 Å². The standard InChI is InChI=1S/C24H32N4O5/c1-15(26-22(31)19(27-23(32)33)13-21(30)28-24(2,3)4)12-20(29)25-14-17-10-7-9-16-8-5-6-11-18(16)17/h5-11,15,19,27H,12-14H2,1-4H3,(H,25,29)(H,26,31)(H,28,30)(H,32,33). The minimum Gasteiger partial charge on any atom is -0.465 e. The molecule has 0 aliphatic carbocycles. The Hall–Kier alpha value is -3.62. The van der Waals surface area contributed by atoms with Gasteiger partial charge >= 0.3 is 6.09 Å². The summed E-state index contributed by atoms with van der Waals surface area (Å²) in [5.41, 5.74) is 0.463. The molecule has 0 aliphatic heterocycles. The normalized spacial score (nSPS) is 13.0. The molecule has 0 heterocycles. The summed E-state index contributed by atoms with van der Waals surface area (Å²) in [6.07, 6.45) is -1.76. The van der Waals surface area contributed by atoms with Crippen LogP contribution in [0.25, 0.3) is 10.8 Å². The second-order valence-corrected chi connectivity index (χ2v) is 9.03. The van der Waals surface area contributed by atoms with Crippen molar-refractivity contribution in [3.05, 3.63) is 48.0 Å². The SMILES string of the molecule is CC(CC(=O)NCc1cccc2ccccc12)NC(=O)C(CC(=O)NC(C)(C)C)NC(=O)O. The largest absolute Gasteiger partial charge is 0.465 e. The van der Waals surface area contributed by atoms with Gasteiger partial charge in [-0.2, -0.15) is 0 Å². The van der Waals surface area contributed by atoms with Crippen molar-refractivity contribution in [1.82, 2.24) is 21.3 Å². The first-order valence-corrected chi connectivity index (χ1v) is 10.8. The van der Waals surface area contributed by atoms with E-state index in [9.17, 15) is 19.2 Å². The third-order valence-corrected chi connectivity index (χ3v) is 4.75. The lowest BCUT2D eigenvalue weighted by atomic mass is 10.0. The quantitative estimate of drug-likeness (QED) is 0.394. The van der Waals surface area contributed by atoms with E-state index in [4.69, 9.17) is 5.11 Å². The van der Waals surface area contributed by atoms with Crippen LogP contribution in [0, 0.1) is 0 Å². The van der Waals surface area contributed by atoms with Gasteiger partial charge < -0.3 is 26.4 Å². The Labute approximate surface area is 193 Å². The van der Waals surface area contributed by atoms with Gasteiger partial charge in [0.25, 0.3) is 0 Å². The number of carbonyl (C=O) groups is 4. The Kier molecular flexibility index (Phi) is 8.78. The lowest BCUT2D eigenvalue weighted by Crippen LogP contribution is -2.52. The third-order valence-electron chi connectivity index (χ3n) is 4.75. The molecular weight excluding hydrogens is 424 g/mol. The van der Waals surface area contributed by atoms with Gasteiger partial charge in [-0.15, -0.1) is 0 Å². The van der Waals surface area contributed by atoms with Gasteiger partial charge in [0, 0.05) is 24.5 Å². The van der Waals surface area contributed by atoms with Gasteiger partial charge in [-0.3, -0.25) is 14.4 Å². The molecule has 0 aromatic heterocycles. The average molecular weight is 457 g/mol. The number of rotatable bonds is 9. The van der Waals surface area contributed by atoms with Crippen LogP contribution < -0.4 is 21.3 Å². The Balaban J connectivity index is 1.90. The number of hydrogen-bond acceptors (Lipinski definition) is 4. The van der Waals surface area contributed by atoms with Gasteiger partial charge in [0.2, 0.25) is 17.7 Å². The van der Waals surface area contributed by atoms with Gasteiger partial charge in [-0.1, -0.05) is 42.5 Å². The van der Waals surface area contributed by atoms with Crippen molar-refractivity contribution in [2.75, 3.05) is 0 Å². The molecule has 2 aromatic rings. The fourth-order valence-corrected chi connectivity index (χ4v) is 3.40. The highest BCUT2D eigenvalue weighted by Crippen LogP contribution is 2.18. The Morgan fingerprint density at radius 2 is 1.58 bits per heavy atom. The smallest absolute Gasteiger partial charge is 0.405 e. The highest BCUT2D eigenvalue weighted by atomic mass is 16.4. The molecule has 2 aromatic carbocycles. The lowest BCUT2D eigenvalue weighted by Gasteiger charge is -2.23. The molecule has 9 nitrogen and oxygen atoms in total. The van der Waals surface area contributed by atoms with Crippen LogP contribution in [0.2, 0.25) is 0 Å².